The molecule has 0 aliphatic rings. The number of aromatic nitrogens is 1. The Kier molecular flexibility index (Phi) is 4.72. The summed E-state index contributed by atoms with van der Waals surface area (Å²) in [6, 6.07) is 3.34. The highest BCUT2D eigenvalue weighted by atomic mass is 16.5. The SMILES string of the molecule is CCOC(=O)c1cccnc1N(C)CCO. The largest absolute Gasteiger partial charge is 0.462 e. The molecule has 1 N–H and O–H groups in total. The van der Waals surface area contributed by atoms with Crippen molar-refractivity contribution in [3.05, 3.63) is 23.9 Å². The summed E-state index contributed by atoms with van der Waals surface area (Å²) in [5.74, 6) is 0.130. The Morgan fingerprint density at radius 2 is 2.38 bits per heavy atom. The number of likely N-dealkylation sites (N-methyl/N-ethyl adjacent to an activating group) is 1. The number of hydrogen-bond acceptors (Lipinski definition) is 5. The van der Waals surface area contributed by atoms with Crippen LogP contribution >= 0.6 is 0 Å². The molecule has 1 aromatic rings. The Labute approximate surface area is 94.7 Å². The van der Waals surface area contributed by atoms with Crippen LogP contribution in [-0.2, 0) is 4.74 Å². The van der Waals surface area contributed by atoms with Gasteiger partial charge in [-0.05, 0) is 19.1 Å². The molecule has 1 heterocycles. The van der Waals surface area contributed by atoms with Crippen LogP contribution in [0.5, 0.6) is 0 Å². The Balaban J connectivity index is 2.95. The molecule has 0 saturated heterocycles. The summed E-state index contributed by atoms with van der Waals surface area (Å²) in [5.41, 5.74) is 0.417. The van der Waals surface area contributed by atoms with E-state index in [-0.39, 0.29) is 6.61 Å². The van der Waals surface area contributed by atoms with E-state index in [1.807, 2.05) is 0 Å². The van der Waals surface area contributed by atoms with Gasteiger partial charge in [-0.2, -0.15) is 0 Å². The average Bonchev–Trinajstić information content (AvgIpc) is 2.30. The fraction of sp³-hybridized carbons (Fsp3) is 0.455. The molecule has 0 spiro atoms. The Hall–Kier alpha value is -1.62. The quantitative estimate of drug-likeness (QED) is 0.745. The zero-order valence-electron chi connectivity index (χ0n) is 9.51. The van der Waals surface area contributed by atoms with E-state index < -0.39 is 5.97 Å². The van der Waals surface area contributed by atoms with E-state index in [0.717, 1.165) is 0 Å². The summed E-state index contributed by atoms with van der Waals surface area (Å²) in [7, 11) is 1.77. The minimum atomic E-state index is -0.393. The molecule has 0 unspecified atom stereocenters. The van der Waals surface area contributed by atoms with E-state index in [2.05, 4.69) is 4.98 Å². The first-order valence-electron chi connectivity index (χ1n) is 5.14. The van der Waals surface area contributed by atoms with Crippen molar-refractivity contribution in [1.29, 1.82) is 0 Å². The van der Waals surface area contributed by atoms with Gasteiger partial charge < -0.3 is 14.7 Å². The Bertz CT molecular complexity index is 355. The van der Waals surface area contributed by atoms with E-state index in [9.17, 15) is 4.79 Å². The third-order valence-electron chi connectivity index (χ3n) is 2.08. The zero-order chi connectivity index (χ0) is 12.0. The molecule has 5 heteroatoms. The van der Waals surface area contributed by atoms with Gasteiger partial charge in [0.05, 0.1) is 13.2 Å². The molecule has 0 aromatic carbocycles. The molecule has 16 heavy (non-hydrogen) atoms. The summed E-state index contributed by atoms with van der Waals surface area (Å²) in [5, 5.41) is 8.85. The van der Waals surface area contributed by atoms with Gasteiger partial charge in [0.15, 0.2) is 0 Å². The molecule has 0 atom stereocenters. The number of ether oxygens (including phenoxy) is 1. The number of hydrogen-bond donors (Lipinski definition) is 1. The van der Waals surface area contributed by atoms with Crippen molar-refractivity contribution in [3.8, 4) is 0 Å². The highest BCUT2D eigenvalue weighted by molar-refractivity contribution is 5.94. The third kappa shape index (κ3) is 2.93. The lowest BCUT2D eigenvalue weighted by atomic mass is 10.2. The van der Waals surface area contributed by atoms with Crippen molar-refractivity contribution in [2.24, 2.45) is 0 Å². The summed E-state index contributed by atoms with van der Waals surface area (Å²) < 4.78 is 4.93. The highest BCUT2D eigenvalue weighted by Crippen LogP contribution is 2.16. The number of carbonyl (C=O) groups excluding carboxylic acids is 1. The number of esters is 1. The van der Waals surface area contributed by atoms with Crippen molar-refractivity contribution >= 4 is 11.8 Å². The van der Waals surface area contributed by atoms with Crippen LogP contribution in [-0.4, -0.2) is 42.9 Å². The molecule has 1 aromatic heterocycles. The molecule has 0 saturated carbocycles. The van der Waals surface area contributed by atoms with Gasteiger partial charge in [-0.15, -0.1) is 0 Å². The monoisotopic (exact) mass is 224 g/mol. The van der Waals surface area contributed by atoms with Crippen LogP contribution in [0, 0.1) is 0 Å². The summed E-state index contributed by atoms with van der Waals surface area (Å²) in [4.78, 5) is 17.5. The second-order valence-corrected chi connectivity index (χ2v) is 3.24. The van der Waals surface area contributed by atoms with Crippen LogP contribution in [0.3, 0.4) is 0 Å². The lowest BCUT2D eigenvalue weighted by molar-refractivity contribution is 0.0526. The van der Waals surface area contributed by atoms with Crippen molar-refractivity contribution in [2.75, 3.05) is 31.7 Å². The fourth-order valence-electron chi connectivity index (χ4n) is 1.33. The molecule has 0 aliphatic heterocycles. The van der Waals surface area contributed by atoms with Crippen LogP contribution < -0.4 is 4.90 Å². The molecular formula is C11H16N2O3. The highest BCUT2D eigenvalue weighted by Gasteiger charge is 2.15. The molecular weight excluding hydrogens is 208 g/mol. The number of anilines is 1. The third-order valence-corrected chi connectivity index (χ3v) is 2.08. The topological polar surface area (TPSA) is 62.7 Å². The number of aliphatic hydroxyl groups is 1. The molecule has 0 amide bonds. The van der Waals surface area contributed by atoms with Crippen LogP contribution in [0.4, 0.5) is 5.82 Å². The number of carbonyl (C=O) groups is 1. The smallest absolute Gasteiger partial charge is 0.341 e. The minimum Gasteiger partial charge on any atom is -0.462 e. The van der Waals surface area contributed by atoms with Gasteiger partial charge in [0.25, 0.3) is 0 Å². The minimum absolute atomic E-state index is 0.00927. The van der Waals surface area contributed by atoms with E-state index >= 15 is 0 Å². The number of rotatable bonds is 5. The molecule has 0 bridgehead atoms. The zero-order valence-corrected chi connectivity index (χ0v) is 9.51. The van der Waals surface area contributed by atoms with Gasteiger partial charge in [0, 0.05) is 19.8 Å². The molecule has 1 rings (SSSR count). The second kappa shape index (κ2) is 6.07. The number of nitrogens with zero attached hydrogens (tertiary/aromatic N) is 2. The van der Waals surface area contributed by atoms with Crippen molar-refractivity contribution in [2.45, 2.75) is 6.92 Å². The summed E-state index contributed by atoms with van der Waals surface area (Å²) in [6.07, 6.45) is 1.60. The number of pyridine rings is 1. The lowest BCUT2D eigenvalue weighted by Crippen LogP contribution is -2.25. The van der Waals surface area contributed by atoms with Crippen molar-refractivity contribution in [3.63, 3.8) is 0 Å². The van der Waals surface area contributed by atoms with Crippen molar-refractivity contribution in [1.82, 2.24) is 4.98 Å². The maximum Gasteiger partial charge on any atom is 0.341 e. The van der Waals surface area contributed by atoms with E-state index in [4.69, 9.17) is 9.84 Å². The van der Waals surface area contributed by atoms with Crippen LogP contribution in [0.2, 0.25) is 0 Å². The van der Waals surface area contributed by atoms with Gasteiger partial charge in [-0.1, -0.05) is 0 Å². The number of aliphatic hydroxyl groups excluding tert-OH is 1. The van der Waals surface area contributed by atoms with E-state index in [0.29, 0.717) is 24.5 Å². The lowest BCUT2D eigenvalue weighted by Gasteiger charge is -2.18. The molecule has 5 nitrogen and oxygen atoms in total. The maximum atomic E-state index is 11.6. The first kappa shape index (κ1) is 12.4. The summed E-state index contributed by atoms with van der Waals surface area (Å²) >= 11 is 0. The Morgan fingerprint density at radius 3 is 3.00 bits per heavy atom. The predicted molar refractivity (Wildman–Crippen MR) is 60.5 cm³/mol. The first-order valence-corrected chi connectivity index (χ1v) is 5.14. The average molecular weight is 224 g/mol. The molecule has 88 valence electrons. The standard InChI is InChI=1S/C11H16N2O3/c1-3-16-11(15)9-5-4-6-12-10(9)13(2)7-8-14/h4-6,14H,3,7-8H2,1-2H3. The van der Waals surface area contributed by atoms with Gasteiger partial charge in [0.2, 0.25) is 0 Å². The van der Waals surface area contributed by atoms with Gasteiger partial charge in [-0.3, -0.25) is 0 Å². The molecule has 0 fully saturated rings. The normalized spacial score (nSPS) is 9.94. The van der Waals surface area contributed by atoms with Gasteiger partial charge in [0.1, 0.15) is 11.4 Å². The predicted octanol–water partition coefficient (Wildman–Crippen LogP) is 0.687. The van der Waals surface area contributed by atoms with Gasteiger partial charge in [-0.25, -0.2) is 9.78 Å². The maximum absolute atomic E-state index is 11.6. The van der Waals surface area contributed by atoms with Crippen molar-refractivity contribution < 1.29 is 14.6 Å². The second-order valence-electron chi connectivity index (χ2n) is 3.24. The fourth-order valence-corrected chi connectivity index (χ4v) is 1.33. The molecule has 0 aliphatic carbocycles. The Morgan fingerprint density at radius 1 is 1.62 bits per heavy atom. The van der Waals surface area contributed by atoms with E-state index in [1.165, 1.54) is 0 Å². The first-order chi connectivity index (χ1) is 7.70. The summed E-state index contributed by atoms with van der Waals surface area (Å²) in [6.45, 7) is 2.51. The van der Waals surface area contributed by atoms with Crippen LogP contribution in [0.15, 0.2) is 18.3 Å². The van der Waals surface area contributed by atoms with Crippen LogP contribution in [0.1, 0.15) is 17.3 Å². The molecule has 0 radical (unpaired) electrons. The van der Waals surface area contributed by atoms with Crippen LogP contribution in [0.25, 0.3) is 0 Å². The van der Waals surface area contributed by atoms with Gasteiger partial charge >= 0.3 is 5.97 Å². The van der Waals surface area contributed by atoms with E-state index in [1.54, 1.807) is 37.2 Å².